The number of hydrogen-bond donors (Lipinski definition) is 1. The normalized spacial score (nSPS) is 28.4. The van der Waals surface area contributed by atoms with Gasteiger partial charge in [-0.1, -0.05) is 12.1 Å². The summed E-state index contributed by atoms with van der Waals surface area (Å²) in [7, 11) is 0. The monoisotopic (exact) mass is 398 g/mol. The van der Waals surface area contributed by atoms with Crippen LogP contribution >= 0.6 is 0 Å². The van der Waals surface area contributed by atoms with E-state index in [1.165, 1.54) is 6.92 Å². The van der Waals surface area contributed by atoms with Crippen LogP contribution in [0.2, 0.25) is 0 Å². The fourth-order valence-corrected chi connectivity index (χ4v) is 5.23. The summed E-state index contributed by atoms with van der Waals surface area (Å²) in [4.78, 5) is 51.3. The van der Waals surface area contributed by atoms with Gasteiger partial charge in [0.25, 0.3) is 5.91 Å². The number of rotatable bonds is 5. The number of amides is 3. The Labute approximate surface area is 169 Å². The molecule has 0 aromatic heterocycles. The number of nitrogens with zero attached hydrogens (tertiary/aromatic N) is 1. The highest BCUT2D eigenvalue weighted by Gasteiger charge is 2.62. The molecule has 2 bridgehead atoms. The number of aryl methyl sites for hydroxylation is 2. The SMILES string of the molecule is Cc1ccc(C)c(NC(=O)COC(=O)[C@H](C)N2C(=O)[C@H]3[C@H]4CC[C@@H](C4)[C@@H]3C2=O)c1. The van der Waals surface area contributed by atoms with E-state index in [4.69, 9.17) is 4.74 Å². The zero-order valence-corrected chi connectivity index (χ0v) is 16.9. The van der Waals surface area contributed by atoms with Crippen LogP contribution in [-0.2, 0) is 23.9 Å². The van der Waals surface area contributed by atoms with Crippen LogP contribution in [0.15, 0.2) is 18.2 Å². The predicted molar refractivity (Wildman–Crippen MR) is 105 cm³/mol. The van der Waals surface area contributed by atoms with Crippen molar-refractivity contribution in [2.45, 2.75) is 46.1 Å². The molecule has 3 aliphatic rings. The van der Waals surface area contributed by atoms with Crippen molar-refractivity contribution in [3.63, 3.8) is 0 Å². The number of imide groups is 1. The number of likely N-dealkylation sites (tertiary alicyclic amines) is 1. The number of nitrogens with one attached hydrogen (secondary N) is 1. The number of esters is 1. The smallest absolute Gasteiger partial charge is 0.329 e. The van der Waals surface area contributed by atoms with Gasteiger partial charge in [0.05, 0.1) is 11.8 Å². The minimum atomic E-state index is -1.02. The Morgan fingerprint density at radius 2 is 1.76 bits per heavy atom. The molecule has 2 aliphatic carbocycles. The molecule has 3 amide bonds. The van der Waals surface area contributed by atoms with Crippen molar-refractivity contribution < 1.29 is 23.9 Å². The van der Waals surface area contributed by atoms with Gasteiger partial charge >= 0.3 is 5.97 Å². The standard InChI is InChI=1S/C22H26N2O5/c1-11-4-5-12(2)16(8-11)23-17(25)10-29-22(28)13(3)24-20(26)18-14-6-7-15(9-14)19(18)21(24)27/h4-5,8,13-15,18-19H,6-7,9-10H2,1-3H3,(H,23,25)/t13-,14-,15-,18-,19-/m0/s1. The highest BCUT2D eigenvalue weighted by atomic mass is 16.5. The third kappa shape index (κ3) is 3.32. The summed E-state index contributed by atoms with van der Waals surface area (Å²) < 4.78 is 5.11. The van der Waals surface area contributed by atoms with Crippen LogP contribution in [0.4, 0.5) is 5.69 Å². The number of benzene rings is 1. The third-order valence-electron chi connectivity index (χ3n) is 6.70. The summed E-state index contributed by atoms with van der Waals surface area (Å²) >= 11 is 0. The number of hydrogen-bond acceptors (Lipinski definition) is 5. The lowest BCUT2D eigenvalue weighted by Gasteiger charge is -2.23. The van der Waals surface area contributed by atoms with Crippen molar-refractivity contribution in [2.75, 3.05) is 11.9 Å². The molecule has 3 fully saturated rings. The first-order valence-corrected chi connectivity index (χ1v) is 10.2. The van der Waals surface area contributed by atoms with Crippen molar-refractivity contribution in [2.24, 2.45) is 23.7 Å². The number of anilines is 1. The molecule has 1 aliphatic heterocycles. The molecule has 0 spiro atoms. The Bertz CT molecular complexity index is 867. The highest BCUT2D eigenvalue weighted by molar-refractivity contribution is 6.08. The van der Waals surface area contributed by atoms with Crippen molar-refractivity contribution in [3.8, 4) is 0 Å². The van der Waals surface area contributed by atoms with Crippen LogP contribution in [0.1, 0.15) is 37.3 Å². The van der Waals surface area contributed by atoms with Gasteiger partial charge < -0.3 is 10.1 Å². The maximum Gasteiger partial charge on any atom is 0.329 e. The average molecular weight is 398 g/mol. The number of ether oxygens (including phenoxy) is 1. The molecule has 29 heavy (non-hydrogen) atoms. The van der Waals surface area contributed by atoms with E-state index in [0.717, 1.165) is 35.3 Å². The van der Waals surface area contributed by atoms with E-state index in [0.29, 0.717) is 5.69 Å². The van der Waals surface area contributed by atoms with E-state index in [2.05, 4.69) is 5.32 Å². The molecule has 7 heteroatoms. The third-order valence-corrected chi connectivity index (χ3v) is 6.70. The topological polar surface area (TPSA) is 92.8 Å². The van der Waals surface area contributed by atoms with Crippen molar-refractivity contribution in [3.05, 3.63) is 29.3 Å². The number of carbonyl (C=O) groups is 4. The van der Waals surface area contributed by atoms with Gasteiger partial charge in [-0.2, -0.15) is 0 Å². The number of fused-ring (bicyclic) bond motifs is 5. The van der Waals surface area contributed by atoms with Gasteiger partial charge in [0, 0.05) is 5.69 Å². The molecule has 4 rings (SSSR count). The molecule has 1 aromatic rings. The van der Waals surface area contributed by atoms with Gasteiger partial charge in [-0.3, -0.25) is 19.3 Å². The summed E-state index contributed by atoms with van der Waals surface area (Å²) in [6.07, 6.45) is 2.91. The largest absolute Gasteiger partial charge is 0.454 e. The Morgan fingerprint density at radius 1 is 1.14 bits per heavy atom. The fourth-order valence-electron chi connectivity index (χ4n) is 5.23. The second kappa shape index (κ2) is 7.28. The van der Waals surface area contributed by atoms with Crippen LogP contribution in [0, 0.1) is 37.5 Å². The lowest BCUT2D eigenvalue weighted by atomic mass is 9.81. The summed E-state index contributed by atoms with van der Waals surface area (Å²) in [5, 5.41) is 2.72. The second-order valence-electron chi connectivity index (χ2n) is 8.58. The van der Waals surface area contributed by atoms with Crippen LogP contribution in [0.3, 0.4) is 0 Å². The zero-order valence-electron chi connectivity index (χ0n) is 16.9. The first-order chi connectivity index (χ1) is 13.8. The average Bonchev–Trinajstić information content (AvgIpc) is 3.36. The maximum absolute atomic E-state index is 12.8. The van der Waals surface area contributed by atoms with E-state index in [1.54, 1.807) is 0 Å². The second-order valence-corrected chi connectivity index (χ2v) is 8.58. The molecule has 7 nitrogen and oxygen atoms in total. The molecule has 5 atom stereocenters. The van der Waals surface area contributed by atoms with Gasteiger partial charge in [-0.15, -0.1) is 0 Å². The van der Waals surface area contributed by atoms with Gasteiger partial charge in [0.2, 0.25) is 11.8 Å². The lowest BCUT2D eigenvalue weighted by Crippen LogP contribution is -2.45. The molecule has 1 aromatic carbocycles. The predicted octanol–water partition coefficient (Wildman–Crippen LogP) is 2.20. The molecule has 1 saturated heterocycles. The first-order valence-electron chi connectivity index (χ1n) is 10.2. The first kappa shape index (κ1) is 19.6. The van der Waals surface area contributed by atoms with Gasteiger partial charge in [0.1, 0.15) is 6.04 Å². The molecule has 0 unspecified atom stereocenters. The van der Waals surface area contributed by atoms with E-state index < -0.39 is 24.5 Å². The molecule has 0 radical (unpaired) electrons. The Hall–Kier alpha value is -2.70. The lowest BCUT2D eigenvalue weighted by molar-refractivity contribution is -0.159. The Balaban J connectivity index is 1.35. The van der Waals surface area contributed by atoms with Crippen molar-refractivity contribution in [1.82, 2.24) is 4.90 Å². The molecule has 1 N–H and O–H groups in total. The minimum Gasteiger partial charge on any atom is -0.454 e. The van der Waals surface area contributed by atoms with Crippen molar-refractivity contribution >= 4 is 29.4 Å². The summed E-state index contributed by atoms with van der Waals surface area (Å²) in [6.45, 7) is 4.81. The highest BCUT2D eigenvalue weighted by Crippen LogP contribution is 2.56. The summed E-state index contributed by atoms with van der Waals surface area (Å²) in [5.74, 6) is -1.74. The van der Waals surface area contributed by atoms with E-state index >= 15 is 0 Å². The minimum absolute atomic E-state index is 0.253. The van der Waals surface area contributed by atoms with Gasteiger partial charge in [-0.05, 0) is 69.1 Å². The van der Waals surface area contributed by atoms with Crippen LogP contribution in [-0.4, -0.2) is 41.2 Å². The number of carbonyl (C=O) groups excluding carboxylic acids is 4. The van der Waals surface area contributed by atoms with E-state index in [9.17, 15) is 19.2 Å². The van der Waals surface area contributed by atoms with Gasteiger partial charge in [0.15, 0.2) is 6.61 Å². The zero-order chi connectivity index (χ0) is 20.9. The summed E-state index contributed by atoms with van der Waals surface area (Å²) in [5.41, 5.74) is 2.56. The molecule has 154 valence electrons. The Morgan fingerprint density at radius 3 is 2.38 bits per heavy atom. The molecule has 1 heterocycles. The molecule has 2 saturated carbocycles. The summed E-state index contributed by atoms with van der Waals surface area (Å²) in [6, 6.07) is 4.66. The van der Waals surface area contributed by atoms with Crippen molar-refractivity contribution in [1.29, 1.82) is 0 Å². The Kier molecular flexibility index (Phi) is 4.92. The van der Waals surface area contributed by atoms with E-state index in [1.807, 2.05) is 32.0 Å². The molecular formula is C22H26N2O5. The van der Waals surface area contributed by atoms with Crippen LogP contribution in [0.5, 0.6) is 0 Å². The quantitative estimate of drug-likeness (QED) is 0.606. The van der Waals surface area contributed by atoms with E-state index in [-0.39, 0.29) is 35.5 Å². The van der Waals surface area contributed by atoms with Gasteiger partial charge in [-0.25, -0.2) is 4.79 Å². The fraction of sp³-hybridized carbons (Fsp3) is 0.545. The molecular weight excluding hydrogens is 372 g/mol. The maximum atomic E-state index is 12.8. The van der Waals surface area contributed by atoms with Crippen LogP contribution < -0.4 is 5.32 Å². The van der Waals surface area contributed by atoms with Crippen LogP contribution in [0.25, 0.3) is 0 Å².